The lowest BCUT2D eigenvalue weighted by atomic mass is 9.84. The van der Waals surface area contributed by atoms with Crippen molar-refractivity contribution in [1.82, 2.24) is 15.5 Å². The van der Waals surface area contributed by atoms with Crippen LogP contribution in [0.1, 0.15) is 45.4 Å². The van der Waals surface area contributed by atoms with Crippen LogP contribution in [0.15, 0.2) is 0 Å². The molecule has 120 valence electrons. The molecule has 0 radical (unpaired) electrons. The highest BCUT2D eigenvalue weighted by atomic mass is 16.2. The molecule has 0 aromatic carbocycles. The zero-order chi connectivity index (χ0) is 15.5. The molecule has 1 saturated heterocycles. The van der Waals surface area contributed by atoms with E-state index in [1.807, 2.05) is 0 Å². The number of hydrogen-bond donors (Lipinski definition) is 2. The Balaban J connectivity index is 1.93. The Hall–Kier alpha value is -1.10. The van der Waals surface area contributed by atoms with E-state index in [1.54, 1.807) is 19.0 Å². The SMILES string of the molecule is C[C@H]1C[C@@H](C(=O)NCC2(C(=O)N(C)C)CCCC2)CCN1. The number of hydrogen-bond acceptors (Lipinski definition) is 3. The molecule has 1 heterocycles. The van der Waals surface area contributed by atoms with Gasteiger partial charge in [-0.3, -0.25) is 9.59 Å². The first-order valence-corrected chi connectivity index (χ1v) is 8.17. The Morgan fingerprint density at radius 1 is 1.29 bits per heavy atom. The summed E-state index contributed by atoms with van der Waals surface area (Å²) in [6, 6.07) is 0.401. The van der Waals surface area contributed by atoms with Crippen molar-refractivity contribution in [2.75, 3.05) is 27.2 Å². The van der Waals surface area contributed by atoms with Crippen molar-refractivity contribution in [2.45, 2.75) is 51.5 Å². The average Bonchev–Trinajstić information content (AvgIpc) is 2.94. The van der Waals surface area contributed by atoms with Crippen LogP contribution in [-0.4, -0.2) is 49.9 Å². The maximum atomic E-state index is 12.5. The molecule has 21 heavy (non-hydrogen) atoms. The van der Waals surface area contributed by atoms with Gasteiger partial charge in [-0.05, 0) is 39.2 Å². The van der Waals surface area contributed by atoms with Gasteiger partial charge in [0.1, 0.15) is 0 Å². The molecule has 1 saturated carbocycles. The molecular weight excluding hydrogens is 266 g/mol. The van der Waals surface area contributed by atoms with Crippen LogP contribution in [0.3, 0.4) is 0 Å². The van der Waals surface area contributed by atoms with Crippen molar-refractivity contribution < 1.29 is 9.59 Å². The molecular formula is C16H29N3O2. The Kier molecular flexibility index (Phi) is 5.25. The fourth-order valence-corrected chi connectivity index (χ4v) is 3.76. The average molecular weight is 295 g/mol. The topological polar surface area (TPSA) is 61.4 Å². The highest BCUT2D eigenvalue weighted by Crippen LogP contribution is 2.39. The lowest BCUT2D eigenvalue weighted by molar-refractivity contribution is -0.139. The van der Waals surface area contributed by atoms with Crippen LogP contribution >= 0.6 is 0 Å². The Morgan fingerprint density at radius 2 is 1.95 bits per heavy atom. The molecule has 5 nitrogen and oxygen atoms in total. The third-order valence-corrected chi connectivity index (χ3v) is 5.02. The standard InChI is InChI=1S/C16H29N3O2/c1-12-10-13(6-9-17-12)14(20)18-11-16(7-4-5-8-16)15(21)19(2)3/h12-13,17H,4-11H2,1-3H3,(H,18,20)/t12-,13-/m0/s1. The lowest BCUT2D eigenvalue weighted by Crippen LogP contribution is -2.49. The molecule has 0 aromatic heterocycles. The van der Waals surface area contributed by atoms with E-state index in [0.717, 1.165) is 45.1 Å². The van der Waals surface area contributed by atoms with Crippen LogP contribution in [-0.2, 0) is 9.59 Å². The van der Waals surface area contributed by atoms with E-state index in [2.05, 4.69) is 17.6 Å². The second-order valence-electron chi connectivity index (χ2n) is 6.98. The number of carbonyl (C=O) groups is 2. The normalized spacial score (nSPS) is 28.1. The number of piperidine rings is 1. The van der Waals surface area contributed by atoms with Gasteiger partial charge in [0.25, 0.3) is 0 Å². The van der Waals surface area contributed by atoms with Gasteiger partial charge in [-0.1, -0.05) is 12.8 Å². The molecule has 2 rings (SSSR count). The third kappa shape index (κ3) is 3.76. The second kappa shape index (κ2) is 6.77. The fourth-order valence-electron chi connectivity index (χ4n) is 3.76. The van der Waals surface area contributed by atoms with Crippen LogP contribution in [0.5, 0.6) is 0 Å². The van der Waals surface area contributed by atoms with Gasteiger partial charge in [0, 0.05) is 32.6 Å². The van der Waals surface area contributed by atoms with E-state index in [4.69, 9.17) is 0 Å². The van der Waals surface area contributed by atoms with E-state index < -0.39 is 0 Å². The zero-order valence-corrected chi connectivity index (χ0v) is 13.6. The third-order valence-electron chi connectivity index (χ3n) is 5.02. The van der Waals surface area contributed by atoms with Gasteiger partial charge >= 0.3 is 0 Å². The zero-order valence-electron chi connectivity index (χ0n) is 13.6. The summed E-state index contributed by atoms with van der Waals surface area (Å²) in [7, 11) is 3.61. The van der Waals surface area contributed by atoms with Crippen molar-refractivity contribution in [3.05, 3.63) is 0 Å². The van der Waals surface area contributed by atoms with Gasteiger partial charge in [0.2, 0.25) is 11.8 Å². The van der Waals surface area contributed by atoms with Crippen molar-refractivity contribution in [3.8, 4) is 0 Å². The van der Waals surface area contributed by atoms with Gasteiger partial charge in [0.15, 0.2) is 0 Å². The van der Waals surface area contributed by atoms with Gasteiger partial charge in [-0.25, -0.2) is 0 Å². The highest BCUT2D eigenvalue weighted by molar-refractivity contribution is 5.84. The van der Waals surface area contributed by atoms with E-state index in [-0.39, 0.29) is 23.1 Å². The number of carbonyl (C=O) groups excluding carboxylic acids is 2. The second-order valence-corrected chi connectivity index (χ2v) is 6.98. The Bertz CT molecular complexity index is 389. The Labute approximate surface area is 127 Å². The summed E-state index contributed by atoms with van der Waals surface area (Å²) in [5.41, 5.74) is -0.363. The molecule has 2 N–H and O–H groups in total. The van der Waals surface area contributed by atoms with Crippen molar-refractivity contribution in [3.63, 3.8) is 0 Å². The first kappa shape index (κ1) is 16.3. The van der Waals surface area contributed by atoms with E-state index >= 15 is 0 Å². The maximum Gasteiger partial charge on any atom is 0.230 e. The minimum atomic E-state index is -0.363. The molecule has 1 aliphatic heterocycles. The molecule has 0 unspecified atom stereocenters. The fraction of sp³-hybridized carbons (Fsp3) is 0.875. The van der Waals surface area contributed by atoms with Gasteiger partial charge in [-0.15, -0.1) is 0 Å². The van der Waals surface area contributed by atoms with Crippen LogP contribution in [0.4, 0.5) is 0 Å². The molecule has 2 aliphatic rings. The summed E-state index contributed by atoms with van der Waals surface area (Å²) in [6.07, 6.45) is 5.74. The van der Waals surface area contributed by atoms with E-state index in [1.165, 1.54) is 0 Å². The summed E-state index contributed by atoms with van der Waals surface area (Å²) in [5, 5.41) is 6.44. The number of rotatable bonds is 4. The minimum Gasteiger partial charge on any atom is -0.355 e. The maximum absolute atomic E-state index is 12.5. The van der Waals surface area contributed by atoms with Gasteiger partial charge in [-0.2, -0.15) is 0 Å². The summed E-state index contributed by atoms with van der Waals surface area (Å²) in [4.78, 5) is 26.5. The molecule has 1 aliphatic carbocycles. The van der Waals surface area contributed by atoms with Gasteiger partial charge < -0.3 is 15.5 Å². The minimum absolute atomic E-state index is 0.0918. The number of amides is 2. The summed E-state index contributed by atoms with van der Waals surface area (Å²) < 4.78 is 0. The van der Waals surface area contributed by atoms with E-state index in [0.29, 0.717) is 12.6 Å². The monoisotopic (exact) mass is 295 g/mol. The van der Waals surface area contributed by atoms with Gasteiger partial charge in [0.05, 0.1) is 5.41 Å². The predicted molar refractivity (Wildman–Crippen MR) is 82.8 cm³/mol. The van der Waals surface area contributed by atoms with Crippen LogP contribution in [0, 0.1) is 11.3 Å². The molecule has 0 aromatic rings. The highest BCUT2D eigenvalue weighted by Gasteiger charge is 2.42. The molecule has 0 spiro atoms. The number of nitrogens with zero attached hydrogens (tertiary/aromatic N) is 1. The predicted octanol–water partition coefficient (Wildman–Crippen LogP) is 1.14. The Morgan fingerprint density at radius 3 is 2.52 bits per heavy atom. The van der Waals surface area contributed by atoms with Crippen molar-refractivity contribution >= 4 is 11.8 Å². The molecule has 0 bridgehead atoms. The molecule has 2 atom stereocenters. The largest absolute Gasteiger partial charge is 0.355 e. The summed E-state index contributed by atoms with van der Waals surface area (Å²) >= 11 is 0. The van der Waals surface area contributed by atoms with Crippen molar-refractivity contribution in [1.29, 1.82) is 0 Å². The molecule has 5 heteroatoms. The molecule has 2 fully saturated rings. The van der Waals surface area contributed by atoms with Crippen molar-refractivity contribution in [2.24, 2.45) is 11.3 Å². The summed E-state index contributed by atoms with van der Waals surface area (Å²) in [5.74, 6) is 0.384. The van der Waals surface area contributed by atoms with Crippen LogP contribution < -0.4 is 10.6 Å². The quantitative estimate of drug-likeness (QED) is 0.817. The number of nitrogens with one attached hydrogen (secondary N) is 2. The van der Waals surface area contributed by atoms with E-state index in [9.17, 15) is 9.59 Å². The van der Waals surface area contributed by atoms with Crippen LogP contribution in [0.25, 0.3) is 0 Å². The first-order valence-electron chi connectivity index (χ1n) is 8.17. The first-order chi connectivity index (χ1) is 9.94. The van der Waals surface area contributed by atoms with Crippen LogP contribution in [0.2, 0.25) is 0 Å². The lowest BCUT2D eigenvalue weighted by Gasteiger charge is -2.32. The molecule has 2 amide bonds. The summed E-state index contributed by atoms with van der Waals surface area (Å²) in [6.45, 7) is 3.52. The smallest absolute Gasteiger partial charge is 0.230 e.